The molecular formula is C24H27N3O5S. The van der Waals surface area contributed by atoms with Crippen LogP contribution in [0, 0.1) is 13.8 Å². The van der Waals surface area contributed by atoms with Gasteiger partial charge < -0.3 is 14.2 Å². The van der Waals surface area contributed by atoms with Crippen LogP contribution in [-0.2, 0) is 22.4 Å². The lowest BCUT2D eigenvalue weighted by molar-refractivity contribution is 0.0697. The van der Waals surface area contributed by atoms with Crippen molar-refractivity contribution in [3.8, 4) is 5.75 Å². The Labute approximate surface area is 193 Å². The molecule has 9 heteroatoms. The average Bonchev–Trinajstić information content (AvgIpc) is 3.15. The smallest absolute Gasteiger partial charge is 0.254 e. The number of hydrogen-bond donors (Lipinski definition) is 0. The second-order valence-corrected chi connectivity index (χ2v) is 10.0. The number of carbonyl (C=O) groups excluding carboxylic acids is 1. The monoisotopic (exact) mass is 469 g/mol. The van der Waals surface area contributed by atoms with Crippen LogP contribution in [0.5, 0.6) is 5.75 Å². The maximum atomic E-state index is 13.0. The van der Waals surface area contributed by atoms with Crippen molar-refractivity contribution in [3.63, 3.8) is 0 Å². The summed E-state index contributed by atoms with van der Waals surface area (Å²) in [7, 11) is -3.43. The molecule has 1 amide bonds. The fraction of sp³-hybridized carbons (Fsp3) is 0.333. The molecule has 0 bridgehead atoms. The number of nitrogens with zero attached hydrogens (tertiary/aromatic N) is 3. The van der Waals surface area contributed by atoms with Crippen LogP contribution in [0.25, 0.3) is 0 Å². The molecule has 0 N–H and O–H groups in total. The first-order valence-electron chi connectivity index (χ1n) is 10.8. The van der Waals surface area contributed by atoms with Gasteiger partial charge in [0.2, 0.25) is 10.0 Å². The Morgan fingerprint density at radius 1 is 1.03 bits per heavy atom. The van der Waals surface area contributed by atoms with E-state index >= 15 is 0 Å². The summed E-state index contributed by atoms with van der Waals surface area (Å²) in [5.74, 6) is 1.11. The summed E-state index contributed by atoms with van der Waals surface area (Å²) < 4.78 is 38.0. The van der Waals surface area contributed by atoms with E-state index in [9.17, 15) is 13.2 Å². The molecule has 1 aromatic heterocycles. The van der Waals surface area contributed by atoms with E-state index in [-0.39, 0.29) is 24.7 Å². The number of rotatable bonds is 7. The van der Waals surface area contributed by atoms with E-state index in [4.69, 9.17) is 9.26 Å². The Morgan fingerprint density at radius 3 is 2.42 bits per heavy atom. The third kappa shape index (κ3) is 5.43. The Bertz CT molecular complexity index is 1200. The molecule has 0 spiro atoms. The number of hydrogen-bond acceptors (Lipinski definition) is 6. The molecule has 1 aliphatic rings. The standard InChI is InChI=1S/C24H27N3O5S/c1-18-23(19(2)32-25-18)16-31-22-10-6-9-21(15-22)24(28)26-11-13-27(14-12-26)33(29,30)17-20-7-4-3-5-8-20/h3-10,15H,11-14,16-17H2,1-2H3. The number of ether oxygens (including phenoxy) is 1. The summed E-state index contributed by atoms with van der Waals surface area (Å²) in [6, 6.07) is 16.1. The van der Waals surface area contributed by atoms with Crippen LogP contribution in [0.3, 0.4) is 0 Å². The van der Waals surface area contributed by atoms with Crippen molar-refractivity contribution >= 4 is 15.9 Å². The highest BCUT2D eigenvalue weighted by Gasteiger charge is 2.29. The van der Waals surface area contributed by atoms with Gasteiger partial charge in [-0.3, -0.25) is 4.79 Å². The number of aromatic nitrogens is 1. The van der Waals surface area contributed by atoms with Crippen molar-refractivity contribution in [2.24, 2.45) is 0 Å². The molecule has 0 saturated carbocycles. The van der Waals surface area contributed by atoms with Crippen LogP contribution in [0.15, 0.2) is 59.1 Å². The predicted molar refractivity (Wildman–Crippen MR) is 123 cm³/mol. The van der Waals surface area contributed by atoms with E-state index in [1.807, 2.05) is 32.0 Å². The van der Waals surface area contributed by atoms with Crippen LogP contribution in [0.1, 0.15) is 32.9 Å². The second kappa shape index (κ2) is 9.76. The minimum absolute atomic E-state index is 0.0354. The Kier molecular flexibility index (Phi) is 6.80. The van der Waals surface area contributed by atoms with Gasteiger partial charge in [-0.1, -0.05) is 41.6 Å². The first kappa shape index (κ1) is 23.0. The quantitative estimate of drug-likeness (QED) is 0.528. The predicted octanol–water partition coefficient (Wildman–Crippen LogP) is 3.16. The molecule has 0 radical (unpaired) electrons. The molecular weight excluding hydrogens is 442 g/mol. The summed E-state index contributed by atoms with van der Waals surface area (Å²) in [5, 5.41) is 3.92. The molecule has 1 fully saturated rings. The maximum Gasteiger partial charge on any atom is 0.254 e. The highest BCUT2D eigenvalue weighted by Crippen LogP contribution is 2.20. The minimum Gasteiger partial charge on any atom is -0.489 e. The van der Waals surface area contributed by atoms with Crippen molar-refractivity contribution in [3.05, 3.63) is 82.7 Å². The van der Waals surface area contributed by atoms with E-state index in [0.29, 0.717) is 36.8 Å². The number of aryl methyl sites for hydroxylation is 2. The van der Waals surface area contributed by atoms with Gasteiger partial charge in [-0.05, 0) is 37.6 Å². The third-order valence-corrected chi connectivity index (χ3v) is 7.61. The summed E-state index contributed by atoms with van der Waals surface area (Å²) in [5.41, 5.74) is 2.93. The van der Waals surface area contributed by atoms with Crippen LogP contribution in [0.4, 0.5) is 0 Å². The molecule has 0 unspecified atom stereocenters. The second-order valence-electron chi connectivity index (χ2n) is 8.05. The molecule has 1 aliphatic heterocycles. The van der Waals surface area contributed by atoms with Crippen molar-refractivity contribution in [1.29, 1.82) is 0 Å². The van der Waals surface area contributed by atoms with E-state index < -0.39 is 10.0 Å². The molecule has 4 rings (SSSR count). The third-order valence-electron chi connectivity index (χ3n) is 5.76. The largest absolute Gasteiger partial charge is 0.489 e. The van der Waals surface area contributed by atoms with Gasteiger partial charge in [0.25, 0.3) is 5.91 Å². The highest BCUT2D eigenvalue weighted by atomic mass is 32.2. The van der Waals surface area contributed by atoms with Crippen LogP contribution >= 0.6 is 0 Å². The molecule has 0 atom stereocenters. The summed E-state index contributed by atoms with van der Waals surface area (Å²) in [6.45, 7) is 5.24. The lowest BCUT2D eigenvalue weighted by Crippen LogP contribution is -2.50. The van der Waals surface area contributed by atoms with Crippen molar-refractivity contribution in [1.82, 2.24) is 14.4 Å². The topological polar surface area (TPSA) is 93.0 Å². The molecule has 2 heterocycles. The lowest BCUT2D eigenvalue weighted by Gasteiger charge is -2.34. The normalized spacial score (nSPS) is 14.9. The van der Waals surface area contributed by atoms with Gasteiger partial charge in [-0.2, -0.15) is 4.31 Å². The first-order chi connectivity index (χ1) is 15.8. The van der Waals surface area contributed by atoms with Gasteiger partial charge in [0.05, 0.1) is 17.0 Å². The fourth-order valence-corrected chi connectivity index (χ4v) is 5.33. The average molecular weight is 470 g/mol. The molecule has 3 aromatic rings. The minimum atomic E-state index is -3.43. The van der Waals surface area contributed by atoms with Crippen LogP contribution in [-0.4, -0.2) is 54.9 Å². The number of benzene rings is 2. The Hall–Kier alpha value is -3.17. The molecule has 174 valence electrons. The van der Waals surface area contributed by atoms with E-state index in [2.05, 4.69) is 5.16 Å². The van der Waals surface area contributed by atoms with Gasteiger partial charge in [-0.25, -0.2) is 8.42 Å². The number of sulfonamides is 1. The highest BCUT2D eigenvalue weighted by molar-refractivity contribution is 7.88. The van der Waals surface area contributed by atoms with Gasteiger partial charge in [-0.15, -0.1) is 0 Å². The summed E-state index contributed by atoms with van der Waals surface area (Å²) in [6.07, 6.45) is 0. The maximum absolute atomic E-state index is 13.0. The fourth-order valence-electron chi connectivity index (χ4n) is 3.81. The van der Waals surface area contributed by atoms with E-state index in [0.717, 1.165) is 16.8 Å². The number of amides is 1. The Balaban J connectivity index is 1.35. The van der Waals surface area contributed by atoms with Gasteiger partial charge >= 0.3 is 0 Å². The summed E-state index contributed by atoms with van der Waals surface area (Å²) >= 11 is 0. The lowest BCUT2D eigenvalue weighted by atomic mass is 10.1. The molecule has 33 heavy (non-hydrogen) atoms. The Morgan fingerprint density at radius 2 is 1.76 bits per heavy atom. The van der Waals surface area contributed by atoms with Gasteiger partial charge in [0, 0.05) is 31.7 Å². The molecule has 1 saturated heterocycles. The van der Waals surface area contributed by atoms with E-state index in [1.54, 1.807) is 41.3 Å². The van der Waals surface area contributed by atoms with Crippen molar-refractivity contribution < 1.29 is 22.5 Å². The van der Waals surface area contributed by atoms with E-state index in [1.165, 1.54) is 4.31 Å². The first-order valence-corrected chi connectivity index (χ1v) is 12.4. The number of piperazine rings is 1. The van der Waals surface area contributed by atoms with Crippen molar-refractivity contribution in [2.45, 2.75) is 26.2 Å². The van der Waals surface area contributed by atoms with Crippen molar-refractivity contribution in [2.75, 3.05) is 26.2 Å². The molecule has 0 aliphatic carbocycles. The SMILES string of the molecule is Cc1noc(C)c1COc1cccc(C(=O)N2CCN(S(=O)(=O)Cc3ccccc3)CC2)c1. The zero-order chi connectivity index (χ0) is 23.4. The summed E-state index contributed by atoms with van der Waals surface area (Å²) in [4.78, 5) is 14.7. The molecule has 2 aromatic carbocycles. The van der Waals surface area contributed by atoms with Crippen LogP contribution < -0.4 is 4.74 Å². The molecule has 8 nitrogen and oxygen atoms in total. The van der Waals surface area contributed by atoms with Crippen LogP contribution in [0.2, 0.25) is 0 Å². The zero-order valence-corrected chi connectivity index (χ0v) is 19.5. The van der Waals surface area contributed by atoms with Gasteiger partial charge in [0.15, 0.2) is 0 Å². The number of carbonyl (C=O) groups is 1. The zero-order valence-electron chi connectivity index (χ0n) is 18.7. The van der Waals surface area contributed by atoms with Gasteiger partial charge in [0.1, 0.15) is 18.1 Å².